The van der Waals surface area contributed by atoms with Gasteiger partial charge in [0.25, 0.3) is 0 Å². The van der Waals surface area contributed by atoms with Crippen LogP contribution in [0.2, 0.25) is 0 Å². The molecule has 0 N–H and O–H groups in total. The third kappa shape index (κ3) is 3.31. The molecule has 8 rings (SSSR count). The average molecular weight is 583 g/mol. The molecule has 3 heterocycles. The monoisotopic (exact) mass is 584 g/mol. The van der Waals surface area contributed by atoms with Gasteiger partial charge in [-0.25, -0.2) is 0 Å². The summed E-state index contributed by atoms with van der Waals surface area (Å²) in [7, 11) is 0. The molecule has 3 aromatic heterocycles. The molecule has 0 saturated heterocycles. The van der Waals surface area contributed by atoms with Gasteiger partial charge in [-0.05, 0) is 0 Å². The van der Waals surface area contributed by atoms with E-state index < -0.39 is 5.51 Å². The molecule has 0 aliphatic heterocycles. The molecule has 0 aliphatic rings. The van der Waals surface area contributed by atoms with Crippen LogP contribution >= 0.6 is 5.51 Å². The SMILES string of the molecule is [Se]=P(c1ccccc1)(c1ccc2cncnc2c1)c1cccc2nc3c4ccccc4c4ccccc4n3c12. The van der Waals surface area contributed by atoms with Crippen LogP contribution in [-0.2, 0) is 0 Å². The van der Waals surface area contributed by atoms with E-state index >= 15 is 0 Å². The number of rotatable bonds is 3. The van der Waals surface area contributed by atoms with Crippen molar-refractivity contribution < 1.29 is 0 Å². The van der Waals surface area contributed by atoms with Crippen molar-refractivity contribution >= 4 is 85.8 Å². The van der Waals surface area contributed by atoms with Gasteiger partial charge in [0.2, 0.25) is 0 Å². The summed E-state index contributed by atoms with van der Waals surface area (Å²) in [5, 5.41) is 8.39. The van der Waals surface area contributed by atoms with Crippen molar-refractivity contribution in [2.75, 3.05) is 0 Å². The topological polar surface area (TPSA) is 43.1 Å². The van der Waals surface area contributed by atoms with Crippen LogP contribution in [0.3, 0.4) is 0 Å². The first-order valence-corrected chi connectivity index (χ1v) is 16.8. The average Bonchev–Trinajstić information content (AvgIpc) is 3.41. The first-order valence-electron chi connectivity index (χ1n) is 12.8. The summed E-state index contributed by atoms with van der Waals surface area (Å²) in [6.07, 6.45) is 3.49. The van der Waals surface area contributed by atoms with Crippen LogP contribution in [-0.4, -0.2) is 34.5 Å². The zero-order chi connectivity index (χ0) is 26.0. The number of fused-ring (bicyclic) bond motifs is 9. The standard InChI is InChI=1S/C33H21N4PSe/c39-38(23-9-2-1-3-10-23,24-18-17-22-20-34-21-35-29(22)19-24)31-16-8-14-28-32(31)37-30-15-7-6-12-26(30)25-11-4-5-13-27(25)33(37)36-28/h1-21H. The zero-order valence-electron chi connectivity index (χ0n) is 20.8. The number of hydrogen-bond acceptors (Lipinski definition) is 3. The second-order valence-electron chi connectivity index (χ2n) is 9.69. The van der Waals surface area contributed by atoms with Crippen molar-refractivity contribution in [1.82, 2.24) is 19.4 Å². The Hall–Kier alpha value is -4.14. The molecule has 6 heteroatoms. The van der Waals surface area contributed by atoms with Crippen molar-refractivity contribution in [1.29, 1.82) is 0 Å². The minimum atomic E-state index is -2.23. The van der Waals surface area contributed by atoms with Crippen LogP contribution in [0.15, 0.2) is 128 Å². The van der Waals surface area contributed by atoms with Gasteiger partial charge >= 0.3 is 233 Å². The molecule has 1 unspecified atom stereocenters. The molecular formula is C33H21N4PSe. The first kappa shape index (κ1) is 22.8. The Morgan fingerprint density at radius 1 is 0.641 bits per heavy atom. The van der Waals surface area contributed by atoms with Crippen LogP contribution < -0.4 is 15.9 Å². The van der Waals surface area contributed by atoms with Crippen molar-refractivity contribution in [3.63, 3.8) is 0 Å². The van der Waals surface area contributed by atoms with Gasteiger partial charge in [-0.2, -0.15) is 0 Å². The number of nitrogens with zero attached hydrogens (tertiary/aromatic N) is 4. The van der Waals surface area contributed by atoms with Gasteiger partial charge in [0.1, 0.15) is 0 Å². The number of para-hydroxylation sites is 2. The summed E-state index contributed by atoms with van der Waals surface area (Å²) in [6.45, 7) is 0. The third-order valence-electron chi connectivity index (χ3n) is 7.57. The molecule has 0 radical (unpaired) electrons. The van der Waals surface area contributed by atoms with Crippen LogP contribution in [0, 0.1) is 0 Å². The number of hydrogen-bond donors (Lipinski definition) is 0. The predicted octanol–water partition coefficient (Wildman–Crippen LogP) is 6.11. The number of aromatic nitrogens is 4. The van der Waals surface area contributed by atoms with Crippen LogP contribution in [0.25, 0.3) is 49.3 Å². The molecule has 0 spiro atoms. The van der Waals surface area contributed by atoms with Crippen molar-refractivity contribution in [3.8, 4) is 0 Å². The fraction of sp³-hybridized carbons (Fsp3) is 0. The Labute approximate surface area is 232 Å². The van der Waals surface area contributed by atoms with Gasteiger partial charge in [0.05, 0.1) is 0 Å². The molecule has 0 bridgehead atoms. The summed E-state index contributed by atoms with van der Waals surface area (Å²) >= 11 is 3.76. The molecule has 39 heavy (non-hydrogen) atoms. The minimum absolute atomic E-state index is 0.944. The Balaban J connectivity index is 1.57. The Bertz CT molecular complexity index is 2270. The fourth-order valence-corrected chi connectivity index (χ4v) is 11.1. The van der Waals surface area contributed by atoms with E-state index in [-0.39, 0.29) is 0 Å². The van der Waals surface area contributed by atoms with Gasteiger partial charge in [0, 0.05) is 0 Å². The van der Waals surface area contributed by atoms with E-state index in [1.54, 1.807) is 6.33 Å². The van der Waals surface area contributed by atoms with Gasteiger partial charge < -0.3 is 0 Å². The molecule has 1 atom stereocenters. The first-order chi connectivity index (χ1) is 19.2. The quantitative estimate of drug-likeness (QED) is 0.143. The third-order valence-corrected chi connectivity index (χ3v) is 14.5. The van der Waals surface area contributed by atoms with E-state index in [1.807, 2.05) is 6.20 Å². The summed E-state index contributed by atoms with van der Waals surface area (Å²) < 4.78 is 2.38. The Morgan fingerprint density at radius 3 is 2.28 bits per heavy atom. The number of benzene rings is 5. The normalized spacial score (nSPS) is 13.4. The van der Waals surface area contributed by atoms with E-state index in [1.165, 1.54) is 26.7 Å². The number of imidazole rings is 1. The fourth-order valence-electron chi connectivity index (χ4n) is 5.81. The maximum absolute atomic E-state index is 5.25. The molecule has 8 aromatic rings. The molecule has 5 aromatic carbocycles. The maximum atomic E-state index is 5.25. The molecule has 0 saturated carbocycles. The van der Waals surface area contributed by atoms with Crippen molar-refractivity contribution in [2.45, 2.75) is 0 Å². The number of pyridine rings is 1. The second-order valence-corrected chi connectivity index (χ2v) is 15.9. The predicted molar refractivity (Wildman–Crippen MR) is 165 cm³/mol. The molecule has 4 nitrogen and oxygen atoms in total. The van der Waals surface area contributed by atoms with Crippen molar-refractivity contribution in [3.05, 3.63) is 128 Å². The van der Waals surface area contributed by atoms with E-state index in [0.717, 1.165) is 38.5 Å². The summed E-state index contributed by atoms with van der Waals surface area (Å²) in [5.74, 6) is 0. The molecule has 0 amide bonds. The summed E-state index contributed by atoms with van der Waals surface area (Å²) in [5.41, 5.74) is 3.00. The zero-order valence-corrected chi connectivity index (χ0v) is 23.4. The van der Waals surface area contributed by atoms with Gasteiger partial charge in [0.15, 0.2) is 0 Å². The van der Waals surface area contributed by atoms with Gasteiger partial charge in [-0.15, -0.1) is 0 Å². The Kier molecular flexibility index (Phi) is 5.08. The molecule has 184 valence electrons. The van der Waals surface area contributed by atoms with E-state index in [0.29, 0.717) is 0 Å². The van der Waals surface area contributed by atoms with Gasteiger partial charge in [-0.3, -0.25) is 0 Å². The second kappa shape index (κ2) is 8.69. The van der Waals surface area contributed by atoms with E-state index in [9.17, 15) is 0 Å². The van der Waals surface area contributed by atoms with Crippen LogP contribution in [0.5, 0.6) is 0 Å². The molecular weight excluding hydrogens is 562 g/mol. The molecule has 0 fully saturated rings. The van der Waals surface area contributed by atoms with Crippen LogP contribution in [0.4, 0.5) is 0 Å². The Morgan fingerprint density at radius 2 is 1.41 bits per heavy atom. The van der Waals surface area contributed by atoms with Gasteiger partial charge in [-0.1, -0.05) is 0 Å². The van der Waals surface area contributed by atoms with E-state index in [2.05, 4.69) is 145 Å². The summed E-state index contributed by atoms with van der Waals surface area (Å²) in [6, 6.07) is 41.2. The van der Waals surface area contributed by atoms with Crippen LogP contribution in [0.1, 0.15) is 0 Å². The van der Waals surface area contributed by atoms with E-state index in [4.69, 9.17) is 4.98 Å². The summed E-state index contributed by atoms with van der Waals surface area (Å²) in [4.78, 5) is 14.1. The molecule has 0 aliphatic carbocycles. The van der Waals surface area contributed by atoms with Crippen molar-refractivity contribution in [2.24, 2.45) is 0 Å².